The van der Waals surface area contributed by atoms with Gasteiger partial charge in [0.25, 0.3) is 0 Å². The second-order valence-electron chi connectivity index (χ2n) is 11.8. The van der Waals surface area contributed by atoms with Crippen molar-refractivity contribution < 1.29 is 24.5 Å². The summed E-state index contributed by atoms with van der Waals surface area (Å²) in [6.07, 6.45) is 20.7. The van der Waals surface area contributed by atoms with Crippen LogP contribution >= 0.6 is 11.6 Å². The number of carbonyl (C=O) groups is 2. The number of amides is 1. The molecule has 3 aromatic rings. The zero-order chi connectivity index (χ0) is 36.8. The first kappa shape index (κ1) is 44.2. The zero-order valence-corrected chi connectivity index (χ0v) is 31.1. The standard InChI is InChI=1S/C20H33NO2.C16H13ClN2O.C3H6.C2H6O2/c1-2-3-4-5-6-7-8-9-10-11-12-13-18-23-20(22)19-14-16-21-17-15-19;1-19-14-8-7-12(17)9-13(14)16(18-10-15(19)20)11-5-3-2-4-6-11;1-3-2;3-1-2-4/h14-17H,2-13,18H2,1H3;2-9H,10H2,1H3;3H,1H2,2H3;3-4H,1-2H2. The van der Waals surface area contributed by atoms with Crippen LogP contribution in [0.2, 0.25) is 5.02 Å². The number of fused-ring (bicyclic) bond motifs is 1. The Hall–Kier alpha value is -3.85. The fraction of sp³-hybridized carbons (Fsp3) is 0.463. The van der Waals surface area contributed by atoms with Crippen molar-refractivity contribution in [3.8, 4) is 0 Å². The van der Waals surface area contributed by atoms with E-state index in [1.165, 1.54) is 64.2 Å². The van der Waals surface area contributed by atoms with Gasteiger partial charge >= 0.3 is 5.97 Å². The highest BCUT2D eigenvalue weighted by Gasteiger charge is 2.22. The molecule has 1 aliphatic rings. The van der Waals surface area contributed by atoms with Crippen molar-refractivity contribution in [2.45, 2.75) is 90.9 Å². The lowest BCUT2D eigenvalue weighted by Crippen LogP contribution is -2.27. The molecule has 274 valence electrons. The molecule has 9 heteroatoms. The number of aliphatic hydroxyl groups excluding tert-OH is 2. The van der Waals surface area contributed by atoms with Gasteiger partial charge in [0, 0.05) is 35.6 Å². The van der Waals surface area contributed by atoms with Crippen LogP contribution in [0.4, 0.5) is 5.69 Å². The van der Waals surface area contributed by atoms with E-state index < -0.39 is 0 Å². The summed E-state index contributed by atoms with van der Waals surface area (Å²) in [5.74, 6) is -0.269. The molecule has 50 heavy (non-hydrogen) atoms. The number of pyridine rings is 1. The number of unbranched alkanes of at least 4 members (excludes halogenated alkanes) is 11. The van der Waals surface area contributed by atoms with Gasteiger partial charge in [-0.3, -0.25) is 14.8 Å². The zero-order valence-electron chi connectivity index (χ0n) is 30.4. The van der Waals surface area contributed by atoms with E-state index in [9.17, 15) is 9.59 Å². The predicted octanol–water partition coefficient (Wildman–Crippen LogP) is 9.26. The first-order valence-electron chi connectivity index (χ1n) is 17.9. The van der Waals surface area contributed by atoms with Crippen LogP contribution in [-0.2, 0) is 9.53 Å². The van der Waals surface area contributed by atoms with Crippen LogP contribution < -0.4 is 4.90 Å². The summed E-state index contributed by atoms with van der Waals surface area (Å²) in [7, 11) is 1.76. The van der Waals surface area contributed by atoms with Crippen LogP contribution in [0.3, 0.4) is 0 Å². The van der Waals surface area contributed by atoms with Gasteiger partial charge in [-0.25, -0.2) is 4.79 Å². The van der Waals surface area contributed by atoms with Crippen molar-refractivity contribution in [2.24, 2.45) is 4.99 Å². The number of likely N-dealkylation sites (N-methyl/N-ethyl adjacent to an activating group) is 1. The fourth-order valence-corrected chi connectivity index (χ4v) is 5.16. The number of halogens is 1. The predicted molar refractivity (Wildman–Crippen MR) is 207 cm³/mol. The lowest BCUT2D eigenvalue weighted by atomic mass is 10.0. The lowest BCUT2D eigenvalue weighted by molar-refractivity contribution is -0.116. The number of carbonyl (C=O) groups excluding carboxylic acids is 2. The minimum absolute atomic E-state index is 0.0282. The van der Waals surface area contributed by atoms with E-state index in [0.717, 1.165) is 35.4 Å². The molecule has 0 unspecified atom stereocenters. The highest BCUT2D eigenvalue weighted by Crippen LogP contribution is 2.28. The maximum Gasteiger partial charge on any atom is 0.338 e. The first-order chi connectivity index (χ1) is 24.3. The summed E-state index contributed by atoms with van der Waals surface area (Å²) in [5, 5.41) is 15.9. The van der Waals surface area contributed by atoms with E-state index in [1.807, 2.05) is 49.4 Å². The van der Waals surface area contributed by atoms with Gasteiger partial charge < -0.3 is 19.8 Å². The Morgan fingerprint density at radius 2 is 1.42 bits per heavy atom. The molecule has 0 spiro atoms. The number of aliphatic hydroxyl groups is 2. The van der Waals surface area contributed by atoms with Gasteiger partial charge in [-0.15, -0.1) is 6.58 Å². The van der Waals surface area contributed by atoms with Gasteiger partial charge in [0.05, 0.1) is 36.8 Å². The van der Waals surface area contributed by atoms with Gasteiger partial charge in [0.1, 0.15) is 6.54 Å². The topological polar surface area (TPSA) is 112 Å². The average Bonchev–Trinajstić information content (AvgIpc) is 3.26. The molecule has 0 bridgehead atoms. The van der Waals surface area contributed by atoms with Crippen molar-refractivity contribution in [3.63, 3.8) is 0 Å². The number of hydrogen-bond donors (Lipinski definition) is 2. The number of esters is 1. The largest absolute Gasteiger partial charge is 0.462 e. The van der Waals surface area contributed by atoms with Crippen LogP contribution in [0.25, 0.3) is 0 Å². The Balaban J connectivity index is 0.000000423. The first-order valence-corrected chi connectivity index (χ1v) is 18.2. The Morgan fingerprint density at radius 1 is 0.880 bits per heavy atom. The number of hydrogen-bond acceptors (Lipinski definition) is 7. The number of aromatic nitrogens is 1. The lowest BCUT2D eigenvalue weighted by Gasteiger charge is -2.18. The maximum absolute atomic E-state index is 12.0. The summed E-state index contributed by atoms with van der Waals surface area (Å²) in [6.45, 7) is 7.94. The van der Waals surface area contributed by atoms with E-state index >= 15 is 0 Å². The van der Waals surface area contributed by atoms with Gasteiger partial charge in [-0.2, -0.15) is 0 Å². The highest BCUT2D eigenvalue weighted by atomic mass is 35.5. The summed E-state index contributed by atoms with van der Waals surface area (Å²) in [6, 6.07) is 18.7. The monoisotopic (exact) mass is 707 g/mol. The van der Waals surface area contributed by atoms with E-state index in [-0.39, 0.29) is 31.6 Å². The van der Waals surface area contributed by atoms with Crippen molar-refractivity contribution in [1.29, 1.82) is 0 Å². The number of benzodiazepines with no additional fused rings is 1. The number of nitrogens with zero attached hydrogens (tertiary/aromatic N) is 3. The second-order valence-corrected chi connectivity index (χ2v) is 12.2. The molecular formula is C41H58ClN3O5. The third kappa shape index (κ3) is 18.8. The molecule has 1 aromatic heterocycles. The number of benzene rings is 2. The molecule has 2 aromatic carbocycles. The molecule has 4 rings (SSSR count). The molecule has 2 N–H and O–H groups in total. The van der Waals surface area contributed by atoms with Crippen LogP contribution in [0.1, 0.15) is 112 Å². The molecule has 0 radical (unpaired) electrons. The molecule has 8 nitrogen and oxygen atoms in total. The van der Waals surface area contributed by atoms with Gasteiger partial charge in [-0.1, -0.05) is 126 Å². The fourth-order valence-electron chi connectivity index (χ4n) is 4.98. The van der Waals surface area contributed by atoms with Crippen LogP contribution in [0, 0.1) is 0 Å². The van der Waals surface area contributed by atoms with Crippen LogP contribution in [-0.4, -0.2) is 66.2 Å². The van der Waals surface area contributed by atoms with Crippen LogP contribution in [0.5, 0.6) is 0 Å². The normalized spacial score (nSPS) is 11.6. The second kappa shape index (κ2) is 28.9. The van der Waals surface area contributed by atoms with Crippen molar-refractivity contribution in [2.75, 3.05) is 38.3 Å². The van der Waals surface area contributed by atoms with Gasteiger partial charge in [0.15, 0.2) is 0 Å². The van der Waals surface area contributed by atoms with Crippen LogP contribution in [0.15, 0.2) is 90.7 Å². The smallest absolute Gasteiger partial charge is 0.338 e. The Bertz CT molecular complexity index is 1370. The molecule has 0 saturated carbocycles. The number of ether oxygens (including phenoxy) is 1. The number of aliphatic imine (C=N–C) groups is 1. The minimum atomic E-state index is -0.240. The third-order valence-corrected chi connectivity index (χ3v) is 7.85. The highest BCUT2D eigenvalue weighted by molar-refractivity contribution is 6.32. The van der Waals surface area contributed by atoms with E-state index in [1.54, 1.807) is 48.6 Å². The number of anilines is 1. The van der Waals surface area contributed by atoms with Crippen molar-refractivity contribution in [1.82, 2.24) is 4.98 Å². The number of allylic oxidation sites excluding steroid dienone is 1. The summed E-state index contributed by atoms with van der Waals surface area (Å²) in [5.41, 5.74) is 4.09. The average molecular weight is 708 g/mol. The Labute approximate surface area is 305 Å². The molecule has 1 aliphatic heterocycles. The molecule has 2 heterocycles. The quantitative estimate of drug-likeness (QED) is 0.0872. The molecule has 1 amide bonds. The molecule has 0 fully saturated rings. The van der Waals surface area contributed by atoms with Crippen molar-refractivity contribution >= 4 is 34.9 Å². The molecule has 0 aliphatic carbocycles. The van der Waals surface area contributed by atoms with E-state index in [2.05, 4.69) is 23.5 Å². The minimum Gasteiger partial charge on any atom is -0.462 e. The molecular weight excluding hydrogens is 650 g/mol. The Kier molecular flexibility index (Phi) is 25.6. The SMILES string of the molecule is C=CC.CCCCCCCCCCCCCCOC(=O)c1ccncc1.CN1C(=O)CN=C(c2ccccc2)c2cc(Cl)ccc21.OCCO. The van der Waals surface area contributed by atoms with Crippen molar-refractivity contribution in [3.05, 3.63) is 107 Å². The summed E-state index contributed by atoms with van der Waals surface area (Å²) < 4.78 is 5.25. The van der Waals surface area contributed by atoms with Gasteiger partial charge in [-0.05, 0) is 43.7 Å². The number of rotatable bonds is 16. The molecule has 0 atom stereocenters. The van der Waals surface area contributed by atoms with Gasteiger partial charge in [0.2, 0.25) is 5.91 Å². The summed E-state index contributed by atoms with van der Waals surface area (Å²) in [4.78, 5) is 33.7. The summed E-state index contributed by atoms with van der Waals surface area (Å²) >= 11 is 6.11. The third-order valence-electron chi connectivity index (χ3n) is 7.62. The van der Waals surface area contributed by atoms with E-state index in [4.69, 9.17) is 26.6 Å². The van der Waals surface area contributed by atoms with E-state index in [0.29, 0.717) is 17.2 Å². The maximum atomic E-state index is 12.0. The molecule has 0 saturated heterocycles. The Morgan fingerprint density at radius 3 is 1.96 bits per heavy atom.